The SMILES string of the molecule is CC1C=Cc2[nH]c3ccc(-c4cc(-c5ccc6c(c5)c5ccccc5n6-c5cccc6ccccc56)ccc4Nc4ccccc4)cc3c2C1. The second kappa shape index (κ2) is 11.4. The van der Waals surface area contributed by atoms with Crippen LogP contribution in [0.3, 0.4) is 0 Å². The highest BCUT2D eigenvalue weighted by atomic mass is 15.0. The van der Waals surface area contributed by atoms with Crippen LogP contribution in [0.5, 0.6) is 0 Å². The number of fused-ring (bicyclic) bond motifs is 7. The molecule has 0 aliphatic heterocycles. The van der Waals surface area contributed by atoms with E-state index in [4.69, 9.17) is 0 Å². The lowest BCUT2D eigenvalue weighted by Gasteiger charge is -2.16. The van der Waals surface area contributed by atoms with Crippen LogP contribution in [0.25, 0.3) is 77.5 Å². The third-order valence-electron chi connectivity index (χ3n) is 10.5. The predicted octanol–water partition coefficient (Wildman–Crippen LogP) is 12.7. The zero-order chi connectivity index (χ0) is 33.2. The molecule has 9 aromatic rings. The zero-order valence-electron chi connectivity index (χ0n) is 27.8. The Morgan fingerprint density at radius 1 is 0.600 bits per heavy atom. The van der Waals surface area contributed by atoms with Crippen molar-refractivity contribution in [3.8, 4) is 27.9 Å². The normalized spacial score (nSPS) is 14.1. The van der Waals surface area contributed by atoms with Crippen LogP contribution in [-0.2, 0) is 6.42 Å². The van der Waals surface area contributed by atoms with Gasteiger partial charge in [0.1, 0.15) is 0 Å². The van der Waals surface area contributed by atoms with E-state index in [1.807, 2.05) is 0 Å². The van der Waals surface area contributed by atoms with Crippen molar-refractivity contribution < 1.29 is 0 Å². The number of benzene rings is 7. The van der Waals surface area contributed by atoms with E-state index < -0.39 is 0 Å². The molecule has 0 saturated carbocycles. The molecule has 0 bridgehead atoms. The minimum absolute atomic E-state index is 0.533. The Labute approximate surface area is 291 Å². The standard InChI is InChI=1S/C47H35N3/c1-30-18-22-43-39(26-30)40-29-34(20-24-44(40)49-43)38-27-32(19-23-42(38)48-35-12-3-2-4-13-35)33-21-25-47-41(28-33)37-15-7-8-16-46(37)50(47)45-17-9-11-31-10-5-6-14-36(31)45/h2-25,27-30,48-49H,26H2,1H3. The molecule has 238 valence electrons. The summed E-state index contributed by atoms with van der Waals surface area (Å²) in [7, 11) is 0. The molecule has 2 aromatic heterocycles. The van der Waals surface area contributed by atoms with Gasteiger partial charge in [-0.3, -0.25) is 0 Å². The van der Waals surface area contributed by atoms with Gasteiger partial charge >= 0.3 is 0 Å². The molecule has 1 aliphatic rings. The third kappa shape index (κ3) is 4.66. The largest absolute Gasteiger partial charge is 0.355 e. The highest BCUT2D eigenvalue weighted by Gasteiger charge is 2.19. The van der Waals surface area contributed by atoms with Gasteiger partial charge in [0.2, 0.25) is 0 Å². The third-order valence-corrected chi connectivity index (χ3v) is 10.5. The molecule has 2 N–H and O–H groups in total. The van der Waals surface area contributed by atoms with Crippen molar-refractivity contribution in [1.82, 2.24) is 9.55 Å². The molecular weight excluding hydrogens is 607 g/mol. The molecule has 3 nitrogen and oxygen atoms in total. The highest BCUT2D eigenvalue weighted by Crippen LogP contribution is 2.41. The van der Waals surface area contributed by atoms with Gasteiger partial charge in [0.25, 0.3) is 0 Å². The summed E-state index contributed by atoms with van der Waals surface area (Å²) in [6, 6.07) is 55.2. The van der Waals surface area contributed by atoms with Crippen LogP contribution in [0.4, 0.5) is 11.4 Å². The molecule has 1 unspecified atom stereocenters. The quantitative estimate of drug-likeness (QED) is 0.193. The highest BCUT2D eigenvalue weighted by molar-refractivity contribution is 6.12. The molecule has 0 saturated heterocycles. The number of hydrogen-bond donors (Lipinski definition) is 2. The van der Waals surface area contributed by atoms with Gasteiger partial charge in [0.05, 0.1) is 16.7 Å². The number of aromatic nitrogens is 2. The molecule has 2 heterocycles. The Hall–Kier alpha value is -6.32. The van der Waals surface area contributed by atoms with E-state index in [0.29, 0.717) is 5.92 Å². The summed E-state index contributed by atoms with van der Waals surface area (Å²) in [6.07, 6.45) is 5.61. The molecule has 0 amide bonds. The van der Waals surface area contributed by atoms with Crippen LogP contribution in [0.1, 0.15) is 18.2 Å². The van der Waals surface area contributed by atoms with Crippen molar-refractivity contribution in [2.75, 3.05) is 5.32 Å². The number of nitrogens with one attached hydrogen (secondary N) is 2. The number of aromatic amines is 1. The van der Waals surface area contributed by atoms with Gasteiger partial charge in [-0.2, -0.15) is 0 Å². The number of para-hydroxylation sites is 2. The Kier molecular flexibility index (Phi) is 6.53. The lowest BCUT2D eigenvalue weighted by Crippen LogP contribution is -2.01. The second-order valence-electron chi connectivity index (χ2n) is 13.7. The van der Waals surface area contributed by atoms with E-state index in [-0.39, 0.29) is 0 Å². The van der Waals surface area contributed by atoms with Crippen LogP contribution >= 0.6 is 0 Å². The summed E-state index contributed by atoms with van der Waals surface area (Å²) in [5.41, 5.74) is 14.4. The van der Waals surface area contributed by atoms with Crippen molar-refractivity contribution in [3.63, 3.8) is 0 Å². The molecule has 0 radical (unpaired) electrons. The average molecular weight is 642 g/mol. The molecule has 3 heteroatoms. The molecule has 0 spiro atoms. The van der Waals surface area contributed by atoms with E-state index in [0.717, 1.165) is 17.8 Å². The topological polar surface area (TPSA) is 32.8 Å². The van der Waals surface area contributed by atoms with Crippen LogP contribution in [0.2, 0.25) is 0 Å². The maximum absolute atomic E-state index is 3.73. The molecule has 1 aliphatic carbocycles. The van der Waals surface area contributed by atoms with Crippen molar-refractivity contribution >= 4 is 60.9 Å². The smallest absolute Gasteiger partial charge is 0.0541 e. The van der Waals surface area contributed by atoms with Gasteiger partial charge in [0.15, 0.2) is 0 Å². The predicted molar refractivity (Wildman–Crippen MR) is 213 cm³/mol. The zero-order valence-corrected chi connectivity index (χ0v) is 27.8. The van der Waals surface area contributed by atoms with Gasteiger partial charge in [-0.25, -0.2) is 0 Å². The van der Waals surface area contributed by atoms with Crippen molar-refractivity contribution in [2.24, 2.45) is 5.92 Å². The van der Waals surface area contributed by atoms with Gasteiger partial charge in [-0.15, -0.1) is 0 Å². The lowest BCUT2D eigenvalue weighted by molar-refractivity contribution is 0.720. The first kappa shape index (κ1) is 28.7. The Balaban J connectivity index is 1.15. The molecule has 10 rings (SSSR count). The van der Waals surface area contributed by atoms with E-state index in [1.165, 1.54) is 82.7 Å². The summed E-state index contributed by atoms with van der Waals surface area (Å²) in [4.78, 5) is 3.66. The van der Waals surface area contributed by atoms with Crippen LogP contribution in [0.15, 0.2) is 158 Å². The van der Waals surface area contributed by atoms with Gasteiger partial charge in [-0.1, -0.05) is 104 Å². The average Bonchev–Trinajstić information content (AvgIpc) is 3.69. The maximum atomic E-state index is 3.73. The Morgan fingerprint density at radius 3 is 2.24 bits per heavy atom. The fourth-order valence-electron chi connectivity index (χ4n) is 8.01. The number of rotatable bonds is 5. The first-order valence-corrected chi connectivity index (χ1v) is 17.5. The van der Waals surface area contributed by atoms with Crippen LogP contribution in [0, 0.1) is 5.92 Å². The monoisotopic (exact) mass is 641 g/mol. The summed E-state index contributed by atoms with van der Waals surface area (Å²) in [6.45, 7) is 2.30. The van der Waals surface area contributed by atoms with Gasteiger partial charge in [0, 0.05) is 49.7 Å². The van der Waals surface area contributed by atoms with E-state index >= 15 is 0 Å². The second-order valence-corrected chi connectivity index (χ2v) is 13.7. The number of anilines is 2. The lowest BCUT2D eigenvalue weighted by atomic mass is 9.91. The van der Waals surface area contributed by atoms with Gasteiger partial charge in [-0.05, 0) is 107 Å². The van der Waals surface area contributed by atoms with Crippen LogP contribution < -0.4 is 5.32 Å². The van der Waals surface area contributed by atoms with Crippen molar-refractivity contribution in [3.05, 3.63) is 169 Å². The van der Waals surface area contributed by atoms with Gasteiger partial charge < -0.3 is 14.9 Å². The first-order valence-electron chi connectivity index (χ1n) is 17.5. The molecule has 1 atom stereocenters. The van der Waals surface area contributed by atoms with E-state index in [9.17, 15) is 0 Å². The number of allylic oxidation sites excluding steroid dienone is 1. The summed E-state index contributed by atoms with van der Waals surface area (Å²) < 4.78 is 2.43. The number of hydrogen-bond acceptors (Lipinski definition) is 1. The molecule has 50 heavy (non-hydrogen) atoms. The molecular formula is C47H35N3. The summed E-state index contributed by atoms with van der Waals surface area (Å²) in [5.74, 6) is 0.533. The van der Waals surface area contributed by atoms with E-state index in [2.05, 4.69) is 186 Å². The molecule has 0 fully saturated rings. The minimum atomic E-state index is 0.533. The Bertz CT molecular complexity index is 2770. The summed E-state index contributed by atoms with van der Waals surface area (Å²) >= 11 is 0. The first-order chi connectivity index (χ1) is 24.7. The number of nitrogens with zero attached hydrogens (tertiary/aromatic N) is 1. The fourth-order valence-corrected chi connectivity index (χ4v) is 8.01. The maximum Gasteiger partial charge on any atom is 0.0541 e. The van der Waals surface area contributed by atoms with Crippen LogP contribution in [-0.4, -0.2) is 9.55 Å². The van der Waals surface area contributed by atoms with Crippen molar-refractivity contribution in [1.29, 1.82) is 0 Å². The van der Waals surface area contributed by atoms with Crippen molar-refractivity contribution in [2.45, 2.75) is 13.3 Å². The fraction of sp³-hybridized carbons (Fsp3) is 0.0638. The van der Waals surface area contributed by atoms with E-state index in [1.54, 1.807) is 0 Å². The minimum Gasteiger partial charge on any atom is -0.355 e. The summed E-state index contributed by atoms with van der Waals surface area (Å²) in [5, 5.41) is 10.0. The molecule has 7 aromatic carbocycles. The Morgan fingerprint density at radius 2 is 1.32 bits per heavy atom. The number of H-pyrrole nitrogens is 1.